The van der Waals surface area contributed by atoms with Crippen LogP contribution in [0, 0.1) is 0 Å². The molecular weight excluding hydrogens is 781 g/mol. The Kier molecular flexibility index (Phi) is 12.8. The molecule has 4 aromatic rings. The molecule has 2 fully saturated rings. The van der Waals surface area contributed by atoms with Crippen LogP contribution in [0.25, 0.3) is 27.8 Å². The fourth-order valence-corrected chi connectivity index (χ4v) is 9.81. The lowest BCUT2D eigenvalue weighted by Crippen LogP contribution is -2.60. The van der Waals surface area contributed by atoms with E-state index in [1.807, 2.05) is 12.1 Å². The van der Waals surface area contributed by atoms with Crippen molar-refractivity contribution in [3.05, 3.63) is 125 Å². The van der Waals surface area contributed by atoms with E-state index in [-0.39, 0.29) is 56.6 Å². The van der Waals surface area contributed by atoms with Crippen LogP contribution in [-0.2, 0) is 18.9 Å². The number of hydrogen-bond acceptors (Lipinski definition) is 10. The molecule has 328 valence electrons. The molecule has 0 radical (unpaired) electrons. The maximum atomic E-state index is 14.7. The number of carbonyl (C=O) groups is 4. The lowest BCUT2D eigenvalue weighted by molar-refractivity contribution is -0.0739. The van der Waals surface area contributed by atoms with Crippen LogP contribution in [-0.4, -0.2) is 96.4 Å². The lowest BCUT2D eigenvalue weighted by atomic mass is 9.78. The number of likely N-dealkylation sites (tertiary alicyclic amines) is 2. The first-order valence-electron chi connectivity index (χ1n) is 21.3. The summed E-state index contributed by atoms with van der Waals surface area (Å²) in [4.78, 5) is 60.8. The van der Waals surface area contributed by atoms with Crippen molar-refractivity contribution in [1.82, 2.24) is 9.80 Å². The van der Waals surface area contributed by atoms with E-state index in [4.69, 9.17) is 18.9 Å². The van der Waals surface area contributed by atoms with Crippen molar-refractivity contribution in [2.45, 2.75) is 115 Å². The number of ether oxygens (including phenoxy) is 4. The summed E-state index contributed by atoms with van der Waals surface area (Å²) in [7, 11) is 6.81. The largest absolute Gasteiger partial charge is 0.465 e. The molecule has 0 bridgehead atoms. The Balaban J connectivity index is 1.55. The topological polar surface area (TPSA) is 112 Å². The van der Waals surface area contributed by atoms with Crippen molar-refractivity contribution in [3.63, 3.8) is 0 Å². The van der Waals surface area contributed by atoms with Gasteiger partial charge in [0.1, 0.15) is 12.2 Å². The first-order chi connectivity index (χ1) is 29.0. The SMILES string of the molecule is C=C(c1cccc(C(=O)OC2CC(C)(C)N(C)C(C)(C)C2)c1-c1ccccc1C(=O)OC)c1cccc(C(=O)OC2CC(C)(C)N(C)C(C)(C)C2)c1-c1ccccc1C(=O)OC. The zero-order valence-corrected chi connectivity index (χ0v) is 38.4. The summed E-state index contributed by atoms with van der Waals surface area (Å²) in [6.07, 6.45) is 1.72. The lowest BCUT2D eigenvalue weighted by Gasteiger charge is -2.53. The second-order valence-electron chi connectivity index (χ2n) is 19.2. The Hall–Kier alpha value is -5.58. The summed E-state index contributed by atoms with van der Waals surface area (Å²) in [6.45, 7) is 21.8. The number of rotatable bonds is 10. The second kappa shape index (κ2) is 17.3. The van der Waals surface area contributed by atoms with E-state index in [1.54, 1.807) is 72.8 Å². The van der Waals surface area contributed by atoms with Gasteiger partial charge in [0, 0.05) is 59.0 Å². The fourth-order valence-electron chi connectivity index (χ4n) is 9.81. The van der Waals surface area contributed by atoms with E-state index >= 15 is 0 Å². The molecule has 6 rings (SSSR count). The Labute approximate surface area is 367 Å². The summed E-state index contributed by atoms with van der Waals surface area (Å²) in [5.41, 5.74) is 3.07. The van der Waals surface area contributed by atoms with Gasteiger partial charge in [0.2, 0.25) is 0 Å². The van der Waals surface area contributed by atoms with E-state index in [1.165, 1.54) is 14.2 Å². The molecule has 2 aliphatic rings. The first-order valence-corrected chi connectivity index (χ1v) is 21.3. The van der Waals surface area contributed by atoms with Crippen molar-refractivity contribution in [2.75, 3.05) is 28.3 Å². The molecule has 2 aliphatic heterocycles. The van der Waals surface area contributed by atoms with Crippen molar-refractivity contribution >= 4 is 29.5 Å². The zero-order valence-electron chi connectivity index (χ0n) is 38.4. The van der Waals surface area contributed by atoms with Gasteiger partial charge in [-0.15, -0.1) is 0 Å². The third-order valence-electron chi connectivity index (χ3n) is 13.5. The molecule has 0 amide bonds. The number of esters is 4. The van der Waals surface area contributed by atoms with E-state index in [0.29, 0.717) is 64.6 Å². The monoisotopic (exact) mass is 842 g/mol. The highest BCUT2D eigenvalue weighted by Crippen LogP contribution is 2.44. The Morgan fingerprint density at radius 3 is 1.08 bits per heavy atom. The molecule has 0 spiro atoms. The quantitative estimate of drug-likeness (QED) is 0.113. The minimum atomic E-state index is -0.586. The van der Waals surface area contributed by atoms with Crippen LogP contribution < -0.4 is 0 Å². The molecule has 0 aromatic heterocycles. The number of piperidine rings is 2. The molecule has 10 heteroatoms. The van der Waals surface area contributed by atoms with Gasteiger partial charge in [-0.2, -0.15) is 0 Å². The molecule has 62 heavy (non-hydrogen) atoms. The zero-order chi connectivity index (χ0) is 45.5. The molecular formula is C52H62N2O8. The highest BCUT2D eigenvalue weighted by Gasteiger charge is 2.46. The average molecular weight is 843 g/mol. The summed E-state index contributed by atoms with van der Waals surface area (Å²) in [6, 6.07) is 24.4. The molecule has 10 nitrogen and oxygen atoms in total. The van der Waals surface area contributed by atoms with Crippen LogP contribution in [0.2, 0.25) is 0 Å². The van der Waals surface area contributed by atoms with Crippen LogP contribution in [0.5, 0.6) is 0 Å². The summed E-state index contributed by atoms with van der Waals surface area (Å²) in [5.74, 6) is -2.27. The van der Waals surface area contributed by atoms with Gasteiger partial charge >= 0.3 is 23.9 Å². The minimum Gasteiger partial charge on any atom is -0.465 e. The fraction of sp³-hybridized carbons (Fsp3) is 0.423. The van der Waals surface area contributed by atoms with E-state index in [9.17, 15) is 19.2 Å². The number of carbonyl (C=O) groups excluding carboxylic acids is 4. The first kappa shape index (κ1) is 45.9. The van der Waals surface area contributed by atoms with E-state index in [2.05, 4.69) is 85.9 Å². The van der Waals surface area contributed by atoms with Gasteiger partial charge in [-0.1, -0.05) is 67.2 Å². The highest BCUT2D eigenvalue weighted by atomic mass is 16.5. The molecule has 0 atom stereocenters. The summed E-state index contributed by atoms with van der Waals surface area (Å²) < 4.78 is 23.3. The number of nitrogens with zero attached hydrogens (tertiary/aromatic N) is 2. The molecule has 2 heterocycles. The predicted octanol–water partition coefficient (Wildman–Crippen LogP) is 10.3. The number of hydrogen-bond donors (Lipinski definition) is 0. The van der Waals surface area contributed by atoms with Crippen LogP contribution in [0.1, 0.15) is 134 Å². The molecule has 0 aliphatic carbocycles. The number of methoxy groups -OCH3 is 2. The van der Waals surface area contributed by atoms with E-state index in [0.717, 1.165) is 0 Å². The van der Waals surface area contributed by atoms with Crippen LogP contribution in [0.3, 0.4) is 0 Å². The third kappa shape index (κ3) is 8.86. The van der Waals surface area contributed by atoms with Crippen LogP contribution in [0.4, 0.5) is 0 Å². The van der Waals surface area contributed by atoms with Gasteiger partial charge in [0.15, 0.2) is 0 Å². The molecule has 2 saturated heterocycles. The van der Waals surface area contributed by atoms with Crippen molar-refractivity contribution in [3.8, 4) is 22.3 Å². The third-order valence-corrected chi connectivity index (χ3v) is 13.5. The van der Waals surface area contributed by atoms with E-state index < -0.39 is 23.9 Å². The maximum Gasteiger partial charge on any atom is 0.339 e. The standard InChI is InChI=1S/C52H62N2O8/c1-32(35-24-18-26-41(43(35)37-20-14-16-22-39(37)45(55)59-12)47(57)61-33-28-49(2,3)53(10)50(4,5)29-33)36-25-19-27-42(44(36)38-21-15-17-23-40(38)46(56)60-13)48(58)62-34-30-51(6,7)54(11)52(8,9)31-34/h14-27,33-34H,1,28-31H2,2-13H3. The second-order valence-corrected chi connectivity index (χ2v) is 19.2. The highest BCUT2D eigenvalue weighted by molar-refractivity contribution is 6.10. The average Bonchev–Trinajstić information content (AvgIpc) is 3.22. The Morgan fingerprint density at radius 1 is 0.468 bits per heavy atom. The maximum absolute atomic E-state index is 14.7. The molecule has 0 unspecified atom stereocenters. The van der Waals surface area contributed by atoms with Crippen LogP contribution >= 0.6 is 0 Å². The van der Waals surface area contributed by atoms with Gasteiger partial charge in [0.25, 0.3) is 0 Å². The smallest absolute Gasteiger partial charge is 0.339 e. The predicted molar refractivity (Wildman–Crippen MR) is 243 cm³/mol. The summed E-state index contributed by atoms with van der Waals surface area (Å²) in [5, 5.41) is 0. The Bertz CT molecular complexity index is 2210. The van der Waals surface area contributed by atoms with Gasteiger partial charge in [0.05, 0.1) is 36.5 Å². The van der Waals surface area contributed by atoms with Gasteiger partial charge < -0.3 is 18.9 Å². The number of benzene rings is 4. The molecule has 4 aromatic carbocycles. The van der Waals surface area contributed by atoms with Crippen LogP contribution in [0.15, 0.2) is 91.5 Å². The summed E-state index contributed by atoms with van der Waals surface area (Å²) >= 11 is 0. The van der Waals surface area contributed by atoms with Gasteiger partial charge in [-0.3, -0.25) is 9.80 Å². The van der Waals surface area contributed by atoms with Crippen molar-refractivity contribution in [2.24, 2.45) is 0 Å². The Morgan fingerprint density at radius 2 is 0.758 bits per heavy atom. The minimum absolute atomic E-state index is 0.231. The van der Waals surface area contributed by atoms with Crippen molar-refractivity contribution < 1.29 is 38.1 Å². The van der Waals surface area contributed by atoms with Crippen molar-refractivity contribution in [1.29, 1.82) is 0 Å². The molecule has 0 N–H and O–H groups in total. The van der Waals surface area contributed by atoms with Gasteiger partial charge in [-0.25, -0.2) is 19.2 Å². The molecule has 0 saturated carbocycles. The normalized spacial score (nSPS) is 18.6. The van der Waals surface area contributed by atoms with Gasteiger partial charge in [-0.05, 0) is 122 Å².